The van der Waals surface area contributed by atoms with Crippen LogP contribution in [0.2, 0.25) is 0 Å². The zero-order chi connectivity index (χ0) is 12.3. The second-order valence-corrected chi connectivity index (χ2v) is 7.87. The highest BCUT2D eigenvalue weighted by Crippen LogP contribution is 2.80. The lowest BCUT2D eigenvalue weighted by molar-refractivity contribution is -0.198. The lowest BCUT2D eigenvalue weighted by Crippen LogP contribution is -2.65. The first kappa shape index (κ1) is 10.8. The fourth-order valence-electron chi connectivity index (χ4n) is 6.02. The molecular weight excluding hydrogens is 212 g/mol. The first-order valence-corrected chi connectivity index (χ1v) is 7.20. The fourth-order valence-corrected chi connectivity index (χ4v) is 6.02. The molecule has 0 amide bonds. The van der Waals surface area contributed by atoms with Crippen molar-refractivity contribution < 1.29 is 9.84 Å². The fraction of sp³-hybridized carbons (Fsp3) is 1.00. The quantitative estimate of drug-likeness (QED) is 0.656. The van der Waals surface area contributed by atoms with Crippen LogP contribution in [0, 0.1) is 22.7 Å². The van der Waals surface area contributed by atoms with Gasteiger partial charge in [0, 0.05) is 5.41 Å². The first-order chi connectivity index (χ1) is 7.80. The molecule has 4 fully saturated rings. The minimum atomic E-state index is -0.658. The van der Waals surface area contributed by atoms with Gasteiger partial charge in [0.25, 0.3) is 0 Å². The number of hydrogen-bond donors (Lipinski definition) is 1. The second kappa shape index (κ2) is 2.46. The largest absolute Gasteiger partial charge is 0.386 e. The smallest absolute Gasteiger partial charge is 0.129 e. The molecule has 4 rings (SSSR count). The molecule has 1 saturated heterocycles. The van der Waals surface area contributed by atoms with E-state index in [2.05, 4.69) is 27.7 Å². The summed E-state index contributed by atoms with van der Waals surface area (Å²) in [5, 5.41) is 11.2. The molecule has 0 aromatic heterocycles. The highest BCUT2D eigenvalue weighted by molar-refractivity contribution is 5.35. The SMILES string of the molecule is C[C@H]1C[C@@H]2O[C@]23[C@@]12CC[C@@H](C2)C(C)(C)[C@@]3(C)O. The van der Waals surface area contributed by atoms with Crippen molar-refractivity contribution in [2.24, 2.45) is 22.7 Å². The van der Waals surface area contributed by atoms with Crippen molar-refractivity contribution in [2.75, 3.05) is 0 Å². The average molecular weight is 236 g/mol. The van der Waals surface area contributed by atoms with Gasteiger partial charge in [-0.05, 0) is 49.9 Å². The third kappa shape index (κ3) is 0.779. The van der Waals surface area contributed by atoms with Crippen molar-refractivity contribution >= 4 is 0 Å². The Bertz CT molecular complexity index is 400. The van der Waals surface area contributed by atoms with Gasteiger partial charge >= 0.3 is 0 Å². The van der Waals surface area contributed by atoms with Crippen molar-refractivity contribution in [3.63, 3.8) is 0 Å². The number of epoxide rings is 1. The van der Waals surface area contributed by atoms with Gasteiger partial charge in [-0.1, -0.05) is 20.8 Å². The Hall–Kier alpha value is -0.0800. The monoisotopic (exact) mass is 236 g/mol. The van der Waals surface area contributed by atoms with Gasteiger partial charge in [-0.2, -0.15) is 0 Å². The van der Waals surface area contributed by atoms with Crippen LogP contribution < -0.4 is 0 Å². The molecule has 3 saturated carbocycles. The maximum Gasteiger partial charge on any atom is 0.129 e. The molecule has 2 bridgehead atoms. The summed E-state index contributed by atoms with van der Waals surface area (Å²) in [5.74, 6) is 1.40. The molecule has 4 aliphatic rings. The molecule has 0 unspecified atom stereocenters. The number of hydrogen-bond acceptors (Lipinski definition) is 2. The van der Waals surface area contributed by atoms with E-state index in [1.54, 1.807) is 0 Å². The van der Waals surface area contributed by atoms with Crippen LogP contribution >= 0.6 is 0 Å². The van der Waals surface area contributed by atoms with E-state index in [1.165, 1.54) is 25.7 Å². The topological polar surface area (TPSA) is 32.8 Å². The first-order valence-electron chi connectivity index (χ1n) is 7.20. The van der Waals surface area contributed by atoms with E-state index in [0.29, 0.717) is 17.4 Å². The van der Waals surface area contributed by atoms with E-state index in [-0.39, 0.29) is 11.0 Å². The van der Waals surface area contributed by atoms with Gasteiger partial charge in [-0.25, -0.2) is 0 Å². The number of ether oxygens (including phenoxy) is 1. The second-order valence-electron chi connectivity index (χ2n) is 7.87. The standard InChI is InChI=1S/C15H24O2/c1-9-7-11-15(17-11)13(4,16)12(2,3)10-5-6-14(9,15)8-10/h9-11,16H,5-8H2,1-4H3/t9-,10-,11-,13+,14+,15+/m0/s1. The van der Waals surface area contributed by atoms with E-state index < -0.39 is 5.60 Å². The third-order valence-corrected chi connectivity index (χ3v) is 7.52. The highest BCUT2D eigenvalue weighted by Gasteiger charge is 2.87. The maximum atomic E-state index is 11.2. The lowest BCUT2D eigenvalue weighted by Gasteiger charge is -2.57. The molecule has 1 heterocycles. The Kier molecular flexibility index (Phi) is 1.57. The summed E-state index contributed by atoms with van der Waals surface area (Å²) < 4.78 is 6.14. The van der Waals surface area contributed by atoms with Gasteiger partial charge in [-0.3, -0.25) is 0 Å². The summed E-state index contributed by atoms with van der Waals surface area (Å²) in [6.07, 6.45) is 5.35. The molecule has 6 atom stereocenters. The van der Waals surface area contributed by atoms with E-state index in [9.17, 15) is 5.11 Å². The van der Waals surface area contributed by atoms with Crippen LogP contribution in [0.15, 0.2) is 0 Å². The zero-order valence-electron chi connectivity index (χ0n) is 11.4. The van der Waals surface area contributed by atoms with E-state index in [0.717, 1.165) is 5.92 Å². The zero-order valence-corrected chi connectivity index (χ0v) is 11.4. The Morgan fingerprint density at radius 2 is 1.94 bits per heavy atom. The molecule has 2 spiro atoms. The van der Waals surface area contributed by atoms with Gasteiger partial charge in [0.15, 0.2) is 0 Å². The lowest BCUT2D eigenvalue weighted by atomic mass is 9.50. The molecule has 96 valence electrons. The van der Waals surface area contributed by atoms with Crippen molar-refractivity contribution in [1.29, 1.82) is 0 Å². The summed E-state index contributed by atoms with van der Waals surface area (Å²) >= 11 is 0. The molecule has 3 aliphatic carbocycles. The van der Waals surface area contributed by atoms with E-state index in [4.69, 9.17) is 4.74 Å². The van der Waals surface area contributed by atoms with Crippen LogP contribution in [0.25, 0.3) is 0 Å². The van der Waals surface area contributed by atoms with Crippen LogP contribution in [0.5, 0.6) is 0 Å². The van der Waals surface area contributed by atoms with Gasteiger partial charge in [0.2, 0.25) is 0 Å². The van der Waals surface area contributed by atoms with Crippen LogP contribution in [0.3, 0.4) is 0 Å². The third-order valence-electron chi connectivity index (χ3n) is 7.52. The van der Waals surface area contributed by atoms with Crippen molar-refractivity contribution in [3.05, 3.63) is 0 Å². The summed E-state index contributed by atoms with van der Waals surface area (Å²) in [6.45, 7) is 8.94. The van der Waals surface area contributed by atoms with Gasteiger partial charge in [0.1, 0.15) is 5.60 Å². The summed E-state index contributed by atoms with van der Waals surface area (Å²) in [7, 11) is 0. The van der Waals surface area contributed by atoms with Crippen molar-refractivity contribution in [3.8, 4) is 0 Å². The van der Waals surface area contributed by atoms with E-state index in [1.807, 2.05) is 0 Å². The van der Waals surface area contributed by atoms with Gasteiger partial charge in [-0.15, -0.1) is 0 Å². The Balaban J connectivity index is 1.94. The Morgan fingerprint density at radius 3 is 2.65 bits per heavy atom. The Labute approximate surface area is 104 Å². The molecule has 1 N–H and O–H groups in total. The van der Waals surface area contributed by atoms with Gasteiger partial charge in [0.05, 0.1) is 11.7 Å². The van der Waals surface area contributed by atoms with Crippen molar-refractivity contribution in [2.45, 2.75) is 70.7 Å². The van der Waals surface area contributed by atoms with Crippen LogP contribution in [-0.2, 0) is 4.74 Å². The van der Waals surface area contributed by atoms with Crippen LogP contribution in [0.1, 0.15) is 53.4 Å². The predicted octanol–water partition coefficient (Wildman–Crippen LogP) is 2.74. The molecule has 2 nitrogen and oxygen atoms in total. The van der Waals surface area contributed by atoms with Crippen LogP contribution in [0.4, 0.5) is 0 Å². The molecular formula is C15H24O2. The summed E-state index contributed by atoms with van der Waals surface area (Å²) in [5.41, 5.74) is -0.572. The van der Waals surface area contributed by atoms with Gasteiger partial charge < -0.3 is 9.84 Å². The van der Waals surface area contributed by atoms with E-state index >= 15 is 0 Å². The average Bonchev–Trinajstić information content (AvgIpc) is 2.71. The predicted molar refractivity (Wildman–Crippen MR) is 65.6 cm³/mol. The number of rotatable bonds is 0. The number of aliphatic hydroxyl groups is 1. The molecule has 0 aromatic carbocycles. The Morgan fingerprint density at radius 1 is 1.24 bits per heavy atom. The highest BCUT2D eigenvalue weighted by atomic mass is 16.6. The summed E-state index contributed by atoms with van der Waals surface area (Å²) in [4.78, 5) is 0. The minimum Gasteiger partial charge on any atom is -0.386 e. The molecule has 0 aromatic rings. The summed E-state index contributed by atoms with van der Waals surface area (Å²) in [6, 6.07) is 0. The minimum absolute atomic E-state index is 0.00813. The maximum absolute atomic E-state index is 11.2. The molecule has 0 radical (unpaired) electrons. The molecule has 1 aliphatic heterocycles. The normalized spacial score (nSPS) is 66.5. The van der Waals surface area contributed by atoms with Crippen molar-refractivity contribution in [1.82, 2.24) is 0 Å². The number of fused-ring (bicyclic) bond motifs is 1. The molecule has 17 heavy (non-hydrogen) atoms. The molecule has 2 heteroatoms. The van der Waals surface area contributed by atoms with Crippen LogP contribution in [-0.4, -0.2) is 22.4 Å².